The largest absolute Gasteiger partial charge is 0.481 e. The first-order valence-electron chi connectivity index (χ1n) is 6.43. The van der Waals surface area contributed by atoms with Crippen molar-refractivity contribution in [1.29, 1.82) is 0 Å². The topological polar surface area (TPSA) is 87.1 Å². The van der Waals surface area contributed by atoms with Gasteiger partial charge in [0.2, 0.25) is 0 Å². The number of ether oxygens (including phenoxy) is 1. The number of carboxylic acid groups (broad SMARTS) is 1. The van der Waals surface area contributed by atoms with Gasteiger partial charge in [0.15, 0.2) is 0 Å². The normalized spacial score (nSPS) is 21.8. The van der Waals surface area contributed by atoms with Gasteiger partial charge in [-0.15, -0.1) is 0 Å². The van der Waals surface area contributed by atoms with E-state index in [-0.39, 0.29) is 26.0 Å². The lowest BCUT2D eigenvalue weighted by Crippen LogP contribution is -2.37. The average molecular weight is 279 g/mol. The number of nitrogens with zero attached hydrogens (tertiary/aromatic N) is 1. The minimum absolute atomic E-state index is 0.117. The number of aliphatic carboxylic acids is 1. The van der Waals surface area contributed by atoms with E-state index in [0.717, 1.165) is 5.56 Å². The van der Waals surface area contributed by atoms with E-state index >= 15 is 0 Å². The second-order valence-corrected chi connectivity index (χ2v) is 4.83. The molecule has 1 heterocycles. The molecule has 20 heavy (non-hydrogen) atoms. The predicted molar refractivity (Wildman–Crippen MR) is 70.0 cm³/mol. The molecule has 1 saturated heterocycles. The Morgan fingerprint density at radius 1 is 1.30 bits per heavy atom. The van der Waals surface area contributed by atoms with Crippen molar-refractivity contribution >= 4 is 12.1 Å². The first-order chi connectivity index (χ1) is 9.56. The number of aliphatic hydroxyl groups excluding tert-OH is 1. The molecule has 0 bridgehead atoms. The van der Waals surface area contributed by atoms with Crippen molar-refractivity contribution in [2.24, 2.45) is 0 Å². The molecule has 1 aromatic rings. The molecule has 0 spiro atoms. The second kappa shape index (κ2) is 6.38. The molecule has 1 aliphatic rings. The molecule has 1 aliphatic heterocycles. The minimum atomic E-state index is -0.995. The fourth-order valence-electron chi connectivity index (χ4n) is 2.31. The van der Waals surface area contributed by atoms with Crippen LogP contribution in [0, 0.1) is 0 Å². The molecule has 108 valence electrons. The van der Waals surface area contributed by atoms with Crippen molar-refractivity contribution in [3.05, 3.63) is 35.9 Å². The number of carbonyl (C=O) groups excluding carboxylic acids is 1. The van der Waals surface area contributed by atoms with Gasteiger partial charge in [0.25, 0.3) is 0 Å². The molecule has 2 N–H and O–H groups in total. The van der Waals surface area contributed by atoms with Gasteiger partial charge in [-0.25, -0.2) is 4.79 Å². The predicted octanol–water partition coefficient (Wildman–Crippen LogP) is 1.23. The molecule has 1 aromatic carbocycles. The van der Waals surface area contributed by atoms with E-state index in [1.54, 1.807) is 0 Å². The molecule has 0 aliphatic carbocycles. The Bertz CT molecular complexity index is 476. The van der Waals surface area contributed by atoms with Crippen LogP contribution >= 0.6 is 0 Å². The Labute approximate surface area is 116 Å². The summed E-state index contributed by atoms with van der Waals surface area (Å²) in [6.45, 7) is 0.248. The van der Waals surface area contributed by atoms with Gasteiger partial charge in [-0.1, -0.05) is 30.3 Å². The number of benzene rings is 1. The SMILES string of the molecule is O=C(O)C[C@H]1C[C@H](O)CN1C(=O)OCc1ccccc1. The number of β-amino-alcohol motifs (C(OH)–C–C–N with tert-alkyl or cyclic N) is 1. The van der Waals surface area contributed by atoms with Gasteiger partial charge in [0.05, 0.1) is 19.1 Å². The molecule has 0 unspecified atom stereocenters. The van der Waals surface area contributed by atoms with Crippen molar-refractivity contribution in [2.75, 3.05) is 6.54 Å². The molecule has 2 rings (SSSR count). The number of carbonyl (C=O) groups is 2. The number of carboxylic acids is 1. The van der Waals surface area contributed by atoms with Gasteiger partial charge in [0.1, 0.15) is 6.61 Å². The van der Waals surface area contributed by atoms with Crippen molar-refractivity contribution < 1.29 is 24.5 Å². The van der Waals surface area contributed by atoms with Gasteiger partial charge in [-0.05, 0) is 12.0 Å². The van der Waals surface area contributed by atoms with E-state index in [4.69, 9.17) is 9.84 Å². The first kappa shape index (κ1) is 14.3. The number of likely N-dealkylation sites (tertiary alicyclic amines) is 1. The maximum Gasteiger partial charge on any atom is 0.410 e. The van der Waals surface area contributed by atoms with Crippen LogP contribution < -0.4 is 0 Å². The summed E-state index contributed by atoms with van der Waals surface area (Å²) in [4.78, 5) is 24.0. The van der Waals surface area contributed by atoms with E-state index < -0.39 is 24.2 Å². The Morgan fingerprint density at radius 3 is 2.65 bits per heavy atom. The Balaban J connectivity index is 1.91. The van der Waals surface area contributed by atoms with E-state index in [1.807, 2.05) is 30.3 Å². The fraction of sp³-hybridized carbons (Fsp3) is 0.429. The van der Waals surface area contributed by atoms with Crippen LogP contribution in [0.25, 0.3) is 0 Å². The first-order valence-corrected chi connectivity index (χ1v) is 6.43. The van der Waals surface area contributed by atoms with Gasteiger partial charge in [-0.2, -0.15) is 0 Å². The summed E-state index contributed by atoms with van der Waals surface area (Å²) in [6.07, 6.45) is -1.19. The third kappa shape index (κ3) is 3.71. The zero-order chi connectivity index (χ0) is 14.5. The van der Waals surface area contributed by atoms with E-state index in [1.165, 1.54) is 4.90 Å². The summed E-state index contributed by atoms with van der Waals surface area (Å²) in [5, 5.41) is 18.4. The average Bonchev–Trinajstić information content (AvgIpc) is 2.77. The van der Waals surface area contributed by atoms with Crippen LogP contribution in [0.3, 0.4) is 0 Å². The Kier molecular flexibility index (Phi) is 4.57. The zero-order valence-corrected chi connectivity index (χ0v) is 10.9. The number of aliphatic hydroxyl groups is 1. The monoisotopic (exact) mass is 279 g/mol. The van der Waals surface area contributed by atoms with Crippen LogP contribution in [-0.2, 0) is 16.1 Å². The Morgan fingerprint density at radius 2 is 2.00 bits per heavy atom. The summed E-state index contributed by atoms with van der Waals surface area (Å²) in [7, 11) is 0. The zero-order valence-electron chi connectivity index (χ0n) is 10.9. The standard InChI is InChI=1S/C14H17NO5/c16-12-6-11(7-13(17)18)15(8-12)14(19)20-9-10-4-2-1-3-5-10/h1-5,11-12,16H,6-9H2,(H,17,18)/t11-,12+/m1/s1. The molecule has 6 heteroatoms. The molecule has 0 aromatic heterocycles. The van der Waals surface area contributed by atoms with Crippen molar-refractivity contribution in [3.8, 4) is 0 Å². The van der Waals surface area contributed by atoms with E-state index in [9.17, 15) is 14.7 Å². The maximum absolute atomic E-state index is 12.0. The maximum atomic E-state index is 12.0. The molecule has 0 saturated carbocycles. The molecule has 2 atom stereocenters. The lowest BCUT2D eigenvalue weighted by Gasteiger charge is -2.22. The highest BCUT2D eigenvalue weighted by Crippen LogP contribution is 2.22. The highest BCUT2D eigenvalue weighted by atomic mass is 16.6. The second-order valence-electron chi connectivity index (χ2n) is 4.83. The Hall–Kier alpha value is -2.08. The smallest absolute Gasteiger partial charge is 0.410 e. The van der Waals surface area contributed by atoms with E-state index in [0.29, 0.717) is 0 Å². The lowest BCUT2D eigenvalue weighted by atomic mass is 10.1. The van der Waals surface area contributed by atoms with Crippen LogP contribution in [-0.4, -0.2) is 45.9 Å². The molecule has 6 nitrogen and oxygen atoms in total. The number of hydrogen-bond acceptors (Lipinski definition) is 4. The van der Waals surface area contributed by atoms with Gasteiger partial charge in [0, 0.05) is 6.04 Å². The summed E-state index contributed by atoms with van der Waals surface area (Å²) in [6, 6.07) is 8.71. The molecule has 1 amide bonds. The highest BCUT2D eigenvalue weighted by molar-refractivity contribution is 5.72. The van der Waals surface area contributed by atoms with Crippen molar-refractivity contribution in [1.82, 2.24) is 4.90 Å². The summed E-state index contributed by atoms with van der Waals surface area (Å²) in [5.74, 6) is -0.995. The van der Waals surface area contributed by atoms with Gasteiger partial charge in [-0.3, -0.25) is 4.79 Å². The third-order valence-electron chi connectivity index (χ3n) is 3.24. The quantitative estimate of drug-likeness (QED) is 0.865. The van der Waals surface area contributed by atoms with Crippen molar-refractivity contribution in [2.45, 2.75) is 31.6 Å². The lowest BCUT2D eigenvalue weighted by molar-refractivity contribution is -0.138. The highest BCUT2D eigenvalue weighted by Gasteiger charge is 2.36. The van der Waals surface area contributed by atoms with E-state index in [2.05, 4.69) is 0 Å². The number of rotatable bonds is 4. The molecular weight excluding hydrogens is 262 g/mol. The van der Waals surface area contributed by atoms with Crippen LogP contribution in [0.2, 0.25) is 0 Å². The summed E-state index contributed by atoms with van der Waals surface area (Å²) in [5.41, 5.74) is 0.857. The fourth-order valence-corrected chi connectivity index (χ4v) is 2.31. The number of hydrogen-bond donors (Lipinski definition) is 2. The van der Waals surface area contributed by atoms with Crippen LogP contribution in [0.4, 0.5) is 4.79 Å². The summed E-state index contributed by atoms with van der Waals surface area (Å²) < 4.78 is 5.16. The third-order valence-corrected chi connectivity index (χ3v) is 3.24. The van der Waals surface area contributed by atoms with Crippen LogP contribution in [0.1, 0.15) is 18.4 Å². The molecule has 0 radical (unpaired) electrons. The van der Waals surface area contributed by atoms with Gasteiger partial charge >= 0.3 is 12.1 Å². The van der Waals surface area contributed by atoms with Crippen LogP contribution in [0.15, 0.2) is 30.3 Å². The van der Waals surface area contributed by atoms with Crippen LogP contribution in [0.5, 0.6) is 0 Å². The minimum Gasteiger partial charge on any atom is -0.481 e. The van der Waals surface area contributed by atoms with Crippen molar-refractivity contribution in [3.63, 3.8) is 0 Å². The summed E-state index contributed by atoms with van der Waals surface area (Å²) >= 11 is 0. The van der Waals surface area contributed by atoms with Gasteiger partial charge < -0.3 is 19.8 Å². The number of amides is 1. The molecular formula is C14H17NO5. The molecule has 1 fully saturated rings.